The number of hydrogen-bond donors (Lipinski definition) is 3. The summed E-state index contributed by atoms with van der Waals surface area (Å²) in [6, 6.07) is 1.98. The molecule has 0 saturated carbocycles. The molecule has 0 aliphatic rings. The second kappa shape index (κ2) is 7.53. The molecular weight excluding hydrogens is 270 g/mol. The first kappa shape index (κ1) is 15.2. The van der Waals surface area contributed by atoms with E-state index in [1.165, 1.54) is 0 Å². The standard InChI is InChI=1S/C13H21N7O/c1-3-14-11-17-12(16-10(2)6-4-9-21)19-13(18-11)20-8-5-7-15-20/h5,7-8,10,21H,3-4,6,9H2,1-2H3,(H2,14,16,17,18,19). The Morgan fingerprint density at radius 1 is 1.29 bits per heavy atom. The zero-order valence-electron chi connectivity index (χ0n) is 12.3. The van der Waals surface area contributed by atoms with Gasteiger partial charge in [-0.25, -0.2) is 4.68 Å². The monoisotopic (exact) mass is 291 g/mol. The molecule has 0 fully saturated rings. The van der Waals surface area contributed by atoms with E-state index in [0.29, 0.717) is 17.8 Å². The summed E-state index contributed by atoms with van der Waals surface area (Å²) in [5, 5.41) is 19.3. The van der Waals surface area contributed by atoms with Crippen LogP contribution in [0.15, 0.2) is 18.5 Å². The van der Waals surface area contributed by atoms with Gasteiger partial charge in [-0.15, -0.1) is 0 Å². The molecule has 3 N–H and O–H groups in total. The van der Waals surface area contributed by atoms with Crippen LogP contribution >= 0.6 is 0 Å². The number of rotatable bonds is 8. The zero-order valence-corrected chi connectivity index (χ0v) is 12.3. The van der Waals surface area contributed by atoms with E-state index in [2.05, 4.69) is 30.7 Å². The van der Waals surface area contributed by atoms with E-state index in [0.717, 1.165) is 19.4 Å². The number of hydrogen-bond acceptors (Lipinski definition) is 7. The molecule has 0 aliphatic heterocycles. The summed E-state index contributed by atoms with van der Waals surface area (Å²) >= 11 is 0. The lowest BCUT2D eigenvalue weighted by Crippen LogP contribution is -2.19. The van der Waals surface area contributed by atoms with Gasteiger partial charge in [0.15, 0.2) is 0 Å². The molecule has 2 rings (SSSR count). The third kappa shape index (κ3) is 4.38. The molecule has 2 aromatic rings. The summed E-state index contributed by atoms with van der Waals surface area (Å²) in [6.07, 6.45) is 5.04. The highest BCUT2D eigenvalue weighted by Gasteiger charge is 2.10. The first-order chi connectivity index (χ1) is 10.2. The van der Waals surface area contributed by atoms with Crippen molar-refractivity contribution in [2.24, 2.45) is 0 Å². The zero-order chi connectivity index (χ0) is 15.1. The summed E-state index contributed by atoms with van der Waals surface area (Å²) in [7, 11) is 0. The molecule has 0 amide bonds. The molecule has 0 bridgehead atoms. The van der Waals surface area contributed by atoms with Gasteiger partial charge in [-0.05, 0) is 32.8 Å². The topological polar surface area (TPSA) is 101 Å². The van der Waals surface area contributed by atoms with E-state index in [1.54, 1.807) is 17.1 Å². The smallest absolute Gasteiger partial charge is 0.257 e. The quantitative estimate of drug-likeness (QED) is 0.668. The summed E-state index contributed by atoms with van der Waals surface area (Å²) < 4.78 is 1.59. The van der Waals surface area contributed by atoms with Crippen molar-refractivity contribution in [1.29, 1.82) is 0 Å². The van der Waals surface area contributed by atoms with Gasteiger partial charge in [0.1, 0.15) is 0 Å². The van der Waals surface area contributed by atoms with Crippen molar-refractivity contribution in [3.8, 4) is 5.95 Å². The summed E-state index contributed by atoms with van der Waals surface area (Å²) in [4.78, 5) is 13.0. The molecule has 8 heteroatoms. The van der Waals surface area contributed by atoms with Crippen LogP contribution in [0, 0.1) is 0 Å². The Labute approximate surface area is 123 Å². The van der Waals surface area contributed by atoms with Crippen molar-refractivity contribution in [1.82, 2.24) is 24.7 Å². The third-order valence-electron chi connectivity index (χ3n) is 2.84. The third-order valence-corrected chi connectivity index (χ3v) is 2.84. The molecule has 0 aliphatic carbocycles. The lowest BCUT2D eigenvalue weighted by molar-refractivity contribution is 0.282. The molecule has 0 saturated heterocycles. The van der Waals surface area contributed by atoms with Gasteiger partial charge in [0.05, 0.1) is 0 Å². The highest BCUT2D eigenvalue weighted by Crippen LogP contribution is 2.11. The SMILES string of the molecule is CCNc1nc(NC(C)CCCO)nc(-n2cccn2)n1. The van der Waals surface area contributed by atoms with E-state index >= 15 is 0 Å². The molecule has 0 radical (unpaired) electrons. The van der Waals surface area contributed by atoms with Crippen molar-refractivity contribution in [2.75, 3.05) is 23.8 Å². The van der Waals surface area contributed by atoms with Gasteiger partial charge in [-0.1, -0.05) is 0 Å². The van der Waals surface area contributed by atoms with Gasteiger partial charge in [0.2, 0.25) is 11.9 Å². The van der Waals surface area contributed by atoms with E-state index in [-0.39, 0.29) is 12.6 Å². The minimum Gasteiger partial charge on any atom is -0.396 e. The fourth-order valence-electron chi connectivity index (χ4n) is 1.85. The molecule has 21 heavy (non-hydrogen) atoms. The Morgan fingerprint density at radius 3 is 2.76 bits per heavy atom. The molecular formula is C13H21N7O. The Bertz CT molecular complexity index is 543. The number of aliphatic hydroxyl groups excluding tert-OH is 1. The predicted molar refractivity (Wildman–Crippen MR) is 80.5 cm³/mol. The average molecular weight is 291 g/mol. The number of aromatic nitrogens is 5. The number of aliphatic hydroxyl groups is 1. The van der Waals surface area contributed by atoms with Gasteiger partial charge in [0, 0.05) is 31.6 Å². The molecule has 1 atom stereocenters. The van der Waals surface area contributed by atoms with E-state index in [1.807, 2.05) is 19.9 Å². The maximum Gasteiger partial charge on any atom is 0.257 e. The average Bonchev–Trinajstić information content (AvgIpc) is 2.99. The summed E-state index contributed by atoms with van der Waals surface area (Å²) in [6.45, 7) is 4.92. The van der Waals surface area contributed by atoms with Crippen LogP contribution in [0.4, 0.5) is 11.9 Å². The second-order valence-corrected chi connectivity index (χ2v) is 4.67. The Hall–Kier alpha value is -2.22. The molecule has 0 spiro atoms. The second-order valence-electron chi connectivity index (χ2n) is 4.67. The lowest BCUT2D eigenvalue weighted by Gasteiger charge is -2.14. The Kier molecular flexibility index (Phi) is 5.44. The van der Waals surface area contributed by atoms with Crippen molar-refractivity contribution < 1.29 is 5.11 Å². The van der Waals surface area contributed by atoms with E-state index in [9.17, 15) is 0 Å². The van der Waals surface area contributed by atoms with E-state index < -0.39 is 0 Å². The van der Waals surface area contributed by atoms with Gasteiger partial charge in [-0.2, -0.15) is 20.1 Å². The van der Waals surface area contributed by atoms with Gasteiger partial charge >= 0.3 is 0 Å². The van der Waals surface area contributed by atoms with Crippen molar-refractivity contribution in [3.63, 3.8) is 0 Å². The normalized spacial score (nSPS) is 12.1. The molecule has 2 aromatic heterocycles. The molecule has 2 heterocycles. The van der Waals surface area contributed by atoms with Crippen LogP contribution in [0.5, 0.6) is 0 Å². The lowest BCUT2D eigenvalue weighted by atomic mass is 10.2. The van der Waals surface area contributed by atoms with Crippen LogP contribution in [0.3, 0.4) is 0 Å². The van der Waals surface area contributed by atoms with Crippen LogP contribution in [-0.4, -0.2) is 49.0 Å². The van der Waals surface area contributed by atoms with Crippen LogP contribution < -0.4 is 10.6 Å². The Morgan fingerprint density at radius 2 is 2.10 bits per heavy atom. The highest BCUT2D eigenvalue weighted by atomic mass is 16.2. The summed E-state index contributed by atoms with van der Waals surface area (Å²) in [5.41, 5.74) is 0. The van der Waals surface area contributed by atoms with Gasteiger partial charge in [0.25, 0.3) is 5.95 Å². The van der Waals surface area contributed by atoms with Crippen LogP contribution in [0.25, 0.3) is 5.95 Å². The van der Waals surface area contributed by atoms with Crippen LogP contribution in [-0.2, 0) is 0 Å². The van der Waals surface area contributed by atoms with Crippen molar-refractivity contribution >= 4 is 11.9 Å². The first-order valence-corrected chi connectivity index (χ1v) is 7.10. The van der Waals surface area contributed by atoms with Gasteiger partial charge in [-0.3, -0.25) is 0 Å². The van der Waals surface area contributed by atoms with E-state index in [4.69, 9.17) is 5.11 Å². The fraction of sp³-hybridized carbons (Fsp3) is 0.538. The predicted octanol–water partition coefficient (Wildman–Crippen LogP) is 1.06. The number of nitrogens with one attached hydrogen (secondary N) is 2. The largest absolute Gasteiger partial charge is 0.396 e. The highest BCUT2D eigenvalue weighted by molar-refractivity contribution is 5.38. The number of nitrogens with zero attached hydrogens (tertiary/aromatic N) is 5. The van der Waals surface area contributed by atoms with Crippen LogP contribution in [0.1, 0.15) is 26.7 Å². The minimum atomic E-state index is 0.166. The molecule has 1 unspecified atom stereocenters. The maximum atomic E-state index is 8.87. The summed E-state index contributed by atoms with van der Waals surface area (Å²) in [5.74, 6) is 1.47. The van der Waals surface area contributed by atoms with Crippen LogP contribution in [0.2, 0.25) is 0 Å². The fourth-order valence-corrected chi connectivity index (χ4v) is 1.85. The molecule has 8 nitrogen and oxygen atoms in total. The molecule has 0 aromatic carbocycles. The van der Waals surface area contributed by atoms with Crippen molar-refractivity contribution in [3.05, 3.63) is 18.5 Å². The molecule has 114 valence electrons. The minimum absolute atomic E-state index is 0.166. The van der Waals surface area contributed by atoms with Gasteiger partial charge < -0.3 is 15.7 Å². The maximum absolute atomic E-state index is 8.87. The number of anilines is 2. The first-order valence-electron chi connectivity index (χ1n) is 7.10. The Balaban J connectivity index is 2.19. The van der Waals surface area contributed by atoms with Crippen molar-refractivity contribution in [2.45, 2.75) is 32.7 Å².